The number of hydrogen-bond acceptors (Lipinski definition) is 5. The summed E-state index contributed by atoms with van der Waals surface area (Å²) < 4.78 is 1.01. The van der Waals surface area contributed by atoms with E-state index in [9.17, 15) is 0 Å². The number of hydrogen-bond donors (Lipinski definition) is 1. The largest absolute Gasteiger partial charge is 0.372 e. The topological polar surface area (TPSA) is 68.5 Å². The number of nitrogens with one attached hydrogen (secondary N) is 1. The molecule has 2 aromatic heterocycles. The van der Waals surface area contributed by atoms with E-state index in [1.54, 1.807) is 11.0 Å². The Morgan fingerprint density at radius 1 is 1.14 bits per heavy atom. The molecule has 0 atom stereocenters. The number of nitrogens with zero attached hydrogens (tertiary/aromatic N) is 5. The highest BCUT2D eigenvalue weighted by Gasteiger charge is 2.13. The average molecular weight is 392 g/mol. The third-order valence-electron chi connectivity index (χ3n) is 2.96. The fourth-order valence-electron chi connectivity index (χ4n) is 1.89. The van der Waals surface area contributed by atoms with E-state index >= 15 is 0 Å². The van der Waals surface area contributed by atoms with Crippen LogP contribution >= 0.6 is 22.6 Å². The summed E-state index contributed by atoms with van der Waals surface area (Å²) in [6.07, 6.45) is 1.67. The van der Waals surface area contributed by atoms with Gasteiger partial charge >= 0.3 is 0 Å². The Morgan fingerprint density at radius 3 is 2.62 bits per heavy atom. The molecule has 2 heterocycles. The molecule has 7 heteroatoms. The molecule has 21 heavy (non-hydrogen) atoms. The van der Waals surface area contributed by atoms with Crippen molar-refractivity contribution < 1.29 is 0 Å². The molecule has 0 radical (unpaired) electrons. The van der Waals surface area contributed by atoms with Crippen molar-refractivity contribution in [3.05, 3.63) is 45.8 Å². The molecule has 0 spiro atoms. The second-order valence-corrected chi connectivity index (χ2v) is 5.48. The normalized spacial score (nSPS) is 10.6. The van der Waals surface area contributed by atoms with Crippen molar-refractivity contribution in [2.24, 2.45) is 0 Å². The summed E-state index contributed by atoms with van der Waals surface area (Å²) in [6, 6.07) is 9.75. The van der Waals surface area contributed by atoms with Gasteiger partial charge in [-0.05, 0) is 41.6 Å². The first-order valence-corrected chi connectivity index (χ1v) is 7.47. The van der Waals surface area contributed by atoms with Gasteiger partial charge in [0, 0.05) is 7.05 Å². The molecule has 0 saturated heterocycles. The van der Waals surface area contributed by atoms with Gasteiger partial charge in [-0.25, -0.2) is 9.97 Å². The summed E-state index contributed by atoms with van der Waals surface area (Å²) in [6.45, 7) is 1.95. The molecule has 3 rings (SSSR count). The number of rotatable bonds is 3. The van der Waals surface area contributed by atoms with Crippen molar-refractivity contribution in [3.8, 4) is 17.2 Å². The van der Waals surface area contributed by atoms with Gasteiger partial charge in [-0.15, -0.1) is 5.10 Å². The van der Waals surface area contributed by atoms with E-state index in [1.165, 1.54) is 0 Å². The molecule has 0 fully saturated rings. The lowest BCUT2D eigenvalue weighted by Crippen LogP contribution is -2.03. The lowest BCUT2D eigenvalue weighted by atomic mass is 10.3. The molecule has 0 bridgehead atoms. The molecule has 106 valence electrons. The molecule has 1 aromatic carbocycles. The fraction of sp³-hybridized carbons (Fsp3) is 0.143. The zero-order valence-electron chi connectivity index (χ0n) is 11.6. The second-order valence-electron chi connectivity index (χ2n) is 4.40. The molecule has 1 N–H and O–H groups in total. The predicted octanol–water partition coefficient (Wildman–Crippen LogP) is 2.68. The maximum absolute atomic E-state index is 4.48. The Morgan fingerprint density at radius 2 is 1.90 bits per heavy atom. The van der Waals surface area contributed by atoms with Crippen LogP contribution in [0.5, 0.6) is 0 Å². The van der Waals surface area contributed by atoms with Crippen LogP contribution in [0.15, 0.2) is 36.5 Å². The number of aromatic nitrogens is 5. The number of benzene rings is 1. The van der Waals surface area contributed by atoms with Gasteiger partial charge in [0.05, 0.1) is 21.1 Å². The Bertz CT molecular complexity index is 768. The van der Waals surface area contributed by atoms with E-state index in [-0.39, 0.29) is 0 Å². The van der Waals surface area contributed by atoms with Crippen LogP contribution < -0.4 is 5.32 Å². The summed E-state index contributed by atoms with van der Waals surface area (Å²) >= 11 is 2.23. The van der Waals surface area contributed by atoms with Gasteiger partial charge in [-0.3, -0.25) is 0 Å². The first-order valence-electron chi connectivity index (χ1n) is 6.39. The van der Waals surface area contributed by atoms with Crippen LogP contribution in [0.4, 0.5) is 5.82 Å². The van der Waals surface area contributed by atoms with Gasteiger partial charge in [0.25, 0.3) is 0 Å². The van der Waals surface area contributed by atoms with Crippen molar-refractivity contribution in [2.75, 3.05) is 12.4 Å². The van der Waals surface area contributed by atoms with E-state index in [1.807, 2.05) is 44.3 Å². The minimum absolute atomic E-state index is 0.569. The average Bonchev–Trinajstić information content (AvgIpc) is 3.00. The maximum atomic E-state index is 4.48. The van der Waals surface area contributed by atoms with Crippen molar-refractivity contribution in [2.45, 2.75) is 6.92 Å². The highest BCUT2D eigenvalue weighted by atomic mass is 127. The van der Waals surface area contributed by atoms with Crippen molar-refractivity contribution in [1.82, 2.24) is 25.0 Å². The molecule has 0 amide bonds. The van der Waals surface area contributed by atoms with Crippen molar-refractivity contribution in [3.63, 3.8) is 0 Å². The van der Waals surface area contributed by atoms with E-state index in [0.717, 1.165) is 20.8 Å². The predicted molar refractivity (Wildman–Crippen MR) is 89.4 cm³/mol. The first-order chi connectivity index (χ1) is 10.2. The summed E-state index contributed by atoms with van der Waals surface area (Å²) in [7, 11) is 1.84. The monoisotopic (exact) mass is 392 g/mol. The SMILES string of the molecule is CNc1nc(-c2cnn(-c3ccccc3)n2)nc(C)c1I. The summed E-state index contributed by atoms with van der Waals surface area (Å²) in [5.74, 6) is 1.37. The zero-order valence-corrected chi connectivity index (χ0v) is 13.7. The van der Waals surface area contributed by atoms with Gasteiger partial charge in [-0.1, -0.05) is 18.2 Å². The number of halogens is 1. The third-order valence-corrected chi connectivity index (χ3v) is 4.25. The van der Waals surface area contributed by atoms with Crippen molar-refractivity contribution >= 4 is 28.4 Å². The van der Waals surface area contributed by atoms with E-state index < -0.39 is 0 Å². The summed E-state index contributed by atoms with van der Waals surface area (Å²) in [5, 5.41) is 11.8. The van der Waals surface area contributed by atoms with Crippen LogP contribution in [0.25, 0.3) is 17.2 Å². The lowest BCUT2D eigenvalue weighted by molar-refractivity contribution is 0.752. The Hall–Kier alpha value is -2.03. The van der Waals surface area contributed by atoms with Gasteiger partial charge in [0.2, 0.25) is 0 Å². The molecular formula is C14H13IN6. The minimum atomic E-state index is 0.569. The summed E-state index contributed by atoms with van der Waals surface area (Å²) in [5.41, 5.74) is 2.47. The molecule has 0 unspecified atom stereocenters. The number of para-hydroxylation sites is 1. The van der Waals surface area contributed by atoms with Crippen LogP contribution in [0.2, 0.25) is 0 Å². The highest BCUT2D eigenvalue weighted by Crippen LogP contribution is 2.22. The van der Waals surface area contributed by atoms with Gasteiger partial charge in [0.15, 0.2) is 11.5 Å². The molecule has 0 aliphatic carbocycles. The van der Waals surface area contributed by atoms with Crippen LogP contribution in [-0.4, -0.2) is 32.0 Å². The lowest BCUT2D eigenvalue weighted by Gasteiger charge is -2.06. The molecule has 6 nitrogen and oxygen atoms in total. The number of anilines is 1. The van der Waals surface area contributed by atoms with Crippen LogP contribution in [-0.2, 0) is 0 Å². The molecule has 0 aliphatic heterocycles. The second kappa shape index (κ2) is 5.76. The molecule has 0 aliphatic rings. The Balaban J connectivity index is 2.03. The Kier molecular flexibility index (Phi) is 3.82. The van der Waals surface area contributed by atoms with Crippen LogP contribution in [0.1, 0.15) is 5.69 Å². The Labute approximate surface area is 135 Å². The fourth-order valence-corrected chi connectivity index (χ4v) is 2.40. The van der Waals surface area contributed by atoms with E-state index in [4.69, 9.17) is 0 Å². The molecule has 3 aromatic rings. The smallest absolute Gasteiger partial charge is 0.184 e. The minimum Gasteiger partial charge on any atom is -0.372 e. The van der Waals surface area contributed by atoms with E-state index in [2.05, 4.69) is 48.1 Å². The van der Waals surface area contributed by atoms with Crippen LogP contribution in [0.3, 0.4) is 0 Å². The molecular weight excluding hydrogens is 379 g/mol. The standard InChI is InChI=1S/C14H13IN6/c1-9-12(15)14(16-2)19-13(18-9)11-8-17-21(20-11)10-6-4-3-5-7-10/h3-8H,1-2H3,(H,16,18,19). The van der Waals surface area contributed by atoms with Gasteiger partial charge < -0.3 is 5.32 Å². The maximum Gasteiger partial charge on any atom is 0.184 e. The van der Waals surface area contributed by atoms with E-state index in [0.29, 0.717) is 11.5 Å². The highest BCUT2D eigenvalue weighted by molar-refractivity contribution is 14.1. The van der Waals surface area contributed by atoms with Crippen LogP contribution in [0, 0.1) is 10.5 Å². The van der Waals surface area contributed by atoms with Crippen molar-refractivity contribution in [1.29, 1.82) is 0 Å². The third kappa shape index (κ3) is 2.73. The zero-order chi connectivity index (χ0) is 14.8. The van der Waals surface area contributed by atoms with Gasteiger partial charge in [0.1, 0.15) is 5.82 Å². The number of aryl methyl sites for hydroxylation is 1. The quantitative estimate of drug-likeness (QED) is 0.695. The first kappa shape index (κ1) is 13.9. The molecule has 0 saturated carbocycles. The summed E-state index contributed by atoms with van der Waals surface area (Å²) in [4.78, 5) is 10.5. The van der Waals surface area contributed by atoms with Gasteiger partial charge in [-0.2, -0.15) is 9.90 Å².